The van der Waals surface area contributed by atoms with Crippen molar-refractivity contribution in [2.75, 3.05) is 13.1 Å². The van der Waals surface area contributed by atoms with E-state index >= 15 is 0 Å². The number of hydrogen-bond donors (Lipinski definition) is 3. The van der Waals surface area contributed by atoms with Gasteiger partial charge in [0, 0.05) is 12.5 Å². The van der Waals surface area contributed by atoms with E-state index < -0.39 is 13.1 Å². The Labute approximate surface area is 119 Å². The predicted octanol–water partition coefficient (Wildman–Crippen LogP) is -0.314. The van der Waals surface area contributed by atoms with Crippen LogP contribution in [0.4, 0.5) is 0 Å². The lowest BCUT2D eigenvalue weighted by atomic mass is 9.78. The first-order valence-electron chi connectivity index (χ1n) is 7.53. The maximum Gasteiger partial charge on any atom is 0.475 e. The summed E-state index contributed by atoms with van der Waals surface area (Å²) in [5.74, 6) is -0.772. The van der Waals surface area contributed by atoms with Crippen molar-refractivity contribution >= 4 is 18.9 Å². The Bertz CT molecular complexity index is 358. The Balaban J connectivity index is 1.78. The molecule has 1 atom stereocenters. The van der Waals surface area contributed by atoms with Crippen molar-refractivity contribution in [1.82, 2.24) is 10.2 Å². The number of carbonyl (C=O) groups is 2. The molecule has 1 saturated carbocycles. The van der Waals surface area contributed by atoms with Crippen molar-refractivity contribution in [3.63, 3.8) is 0 Å². The largest absolute Gasteiger partial charge is 0.475 e. The second kappa shape index (κ2) is 7.08. The van der Waals surface area contributed by atoms with Gasteiger partial charge in [0.05, 0.1) is 12.5 Å². The van der Waals surface area contributed by atoms with E-state index in [1.165, 1.54) is 11.3 Å². The zero-order valence-electron chi connectivity index (χ0n) is 11.8. The molecule has 7 heteroatoms. The molecule has 2 aliphatic rings. The van der Waals surface area contributed by atoms with Gasteiger partial charge < -0.3 is 20.3 Å². The van der Waals surface area contributed by atoms with Crippen LogP contribution in [0, 0.1) is 5.92 Å². The number of nitrogens with one attached hydrogen (secondary N) is 1. The molecule has 0 aromatic rings. The Morgan fingerprint density at radius 1 is 1.10 bits per heavy atom. The molecule has 20 heavy (non-hydrogen) atoms. The Morgan fingerprint density at radius 3 is 2.45 bits per heavy atom. The van der Waals surface area contributed by atoms with E-state index in [0.717, 1.165) is 32.1 Å². The SMILES string of the molecule is O=C(NCC(=O)N1CCCC1B(O)O)C1CCCCC1. The Hall–Kier alpha value is -1.08. The van der Waals surface area contributed by atoms with Crippen LogP contribution >= 0.6 is 0 Å². The molecule has 2 fully saturated rings. The first-order valence-corrected chi connectivity index (χ1v) is 7.53. The molecule has 0 radical (unpaired) electrons. The molecule has 1 heterocycles. The van der Waals surface area contributed by atoms with Crippen molar-refractivity contribution in [1.29, 1.82) is 0 Å². The predicted molar refractivity (Wildman–Crippen MR) is 74.5 cm³/mol. The van der Waals surface area contributed by atoms with E-state index in [1.807, 2.05) is 0 Å². The maximum atomic E-state index is 12.0. The van der Waals surface area contributed by atoms with Gasteiger partial charge in [0.25, 0.3) is 0 Å². The second-order valence-corrected chi connectivity index (χ2v) is 5.76. The summed E-state index contributed by atoms with van der Waals surface area (Å²) in [6.07, 6.45) is 6.52. The standard InChI is InChI=1S/C13H23BN2O4/c17-12(16-8-4-7-11(16)14(19)20)9-15-13(18)10-5-2-1-3-6-10/h10-11,19-20H,1-9H2,(H,15,18). The fraction of sp³-hybridized carbons (Fsp3) is 0.846. The van der Waals surface area contributed by atoms with Crippen LogP contribution in [0.3, 0.4) is 0 Å². The van der Waals surface area contributed by atoms with E-state index in [0.29, 0.717) is 13.0 Å². The van der Waals surface area contributed by atoms with Crippen LogP contribution < -0.4 is 5.32 Å². The first kappa shape index (κ1) is 15.3. The lowest BCUT2D eigenvalue weighted by Crippen LogP contribution is -2.49. The normalized spacial score (nSPS) is 23.7. The molecule has 1 aliphatic carbocycles. The highest BCUT2D eigenvalue weighted by Crippen LogP contribution is 2.23. The molecule has 0 spiro atoms. The summed E-state index contributed by atoms with van der Waals surface area (Å²) in [5, 5.41) is 21.1. The van der Waals surface area contributed by atoms with Crippen molar-refractivity contribution in [2.24, 2.45) is 5.92 Å². The van der Waals surface area contributed by atoms with Crippen LogP contribution in [0.5, 0.6) is 0 Å². The van der Waals surface area contributed by atoms with Gasteiger partial charge in [-0.3, -0.25) is 9.59 Å². The lowest BCUT2D eigenvalue weighted by Gasteiger charge is -2.25. The number of amides is 2. The smallest absolute Gasteiger partial charge is 0.426 e. The van der Waals surface area contributed by atoms with Gasteiger partial charge in [-0.15, -0.1) is 0 Å². The van der Waals surface area contributed by atoms with Crippen molar-refractivity contribution < 1.29 is 19.6 Å². The summed E-state index contributed by atoms with van der Waals surface area (Å²) in [7, 11) is -1.50. The van der Waals surface area contributed by atoms with Crippen LogP contribution in [-0.4, -0.2) is 52.9 Å². The quantitative estimate of drug-likeness (QED) is 0.617. The zero-order chi connectivity index (χ0) is 14.5. The molecule has 0 bridgehead atoms. The van der Waals surface area contributed by atoms with E-state index in [4.69, 9.17) is 0 Å². The van der Waals surface area contributed by atoms with Gasteiger partial charge in [0.15, 0.2) is 0 Å². The van der Waals surface area contributed by atoms with Gasteiger partial charge in [0.2, 0.25) is 11.8 Å². The highest BCUT2D eigenvalue weighted by atomic mass is 16.4. The van der Waals surface area contributed by atoms with Crippen molar-refractivity contribution in [2.45, 2.75) is 50.9 Å². The molecule has 1 aliphatic heterocycles. The number of hydrogen-bond acceptors (Lipinski definition) is 4. The second-order valence-electron chi connectivity index (χ2n) is 5.76. The number of nitrogens with zero attached hydrogens (tertiary/aromatic N) is 1. The fourth-order valence-electron chi connectivity index (χ4n) is 3.19. The summed E-state index contributed by atoms with van der Waals surface area (Å²) in [4.78, 5) is 25.5. The van der Waals surface area contributed by atoms with E-state index in [2.05, 4.69) is 5.32 Å². The molecule has 2 rings (SSSR count). The van der Waals surface area contributed by atoms with Crippen LogP contribution in [0.15, 0.2) is 0 Å². The van der Waals surface area contributed by atoms with Gasteiger partial charge in [-0.1, -0.05) is 19.3 Å². The van der Waals surface area contributed by atoms with Gasteiger partial charge in [-0.25, -0.2) is 0 Å². The molecule has 0 aromatic heterocycles. The first-order chi connectivity index (χ1) is 9.59. The van der Waals surface area contributed by atoms with E-state index in [9.17, 15) is 19.6 Å². The third-order valence-electron chi connectivity index (χ3n) is 4.35. The van der Waals surface area contributed by atoms with Crippen LogP contribution in [0.2, 0.25) is 0 Å². The highest BCUT2D eigenvalue weighted by molar-refractivity contribution is 6.43. The minimum Gasteiger partial charge on any atom is -0.426 e. The number of carbonyl (C=O) groups excluding carboxylic acids is 2. The topological polar surface area (TPSA) is 89.9 Å². The molecule has 3 N–H and O–H groups in total. The fourth-order valence-corrected chi connectivity index (χ4v) is 3.19. The molecule has 112 valence electrons. The minimum absolute atomic E-state index is 0.0364. The third kappa shape index (κ3) is 3.73. The number of rotatable bonds is 4. The molecule has 2 amide bonds. The van der Waals surface area contributed by atoms with Gasteiger partial charge in [-0.05, 0) is 25.7 Å². The number of likely N-dealkylation sites (tertiary alicyclic amines) is 1. The average molecular weight is 282 g/mol. The molecular weight excluding hydrogens is 259 g/mol. The van der Waals surface area contributed by atoms with Crippen LogP contribution in [0.25, 0.3) is 0 Å². The average Bonchev–Trinajstić information content (AvgIpc) is 2.95. The van der Waals surface area contributed by atoms with E-state index in [1.54, 1.807) is 0 Å². The van der Waals surface area contributed by atoms with Crippen LogP contribution in [0.1, 0.15) is 44.9 Å². The monoisotopic (exact) mass is 282 g/mol. The van der Waals surface area contributed by atoms with Gasteiger partial charge in [-0.2, -0.15) is 0 Å². The Morgan fingerprint density at radius 2 is 1.80 bits per heavy atom. The van der Waals surface area contributed by atoms with Crippen molar-refractivity contribution in [3.8, 4) is 0 Å². The molecule has 6 nitrogen and oxygen atoms in total. The summed E-state index contributed by atoms with van der Waals surface area (Å²) in [5.41, 5.74) is 0. The summed E-state index contributed by atoms with van der Waals surface area (Å²) in [6.45, 7) is 0.485. The molecular formula is C13H23BN2O4. The molecule has 1 unspecified atom stereocenters. The lowest BCUT2D eigenvalue weighted by molar-refractivity contribution is -0.134. The van der Waals surface area contributed by atoms with Gasteiger partial charge in [0.1, 0.15) is 0 Å². The minimum atomic E-state index is -1.50. The zero-order valence-corrected chi connectivity index (χ0v) is 11.8. The third-order valence-corrected chi connectivity index (χ3v) is 4.35. The maximum absolute atomic E-state index is 12.0. The molecule has 1 saturated heterocycles. The summed E-state index contributed by atoms with van der Waals surface area (Å²) in [6, 6.07) is 0. The highest BCUT2D eigenvalue weighted by Gasteiger charge is 2.36. The van der Waals surface area contributed by atoms with E-state index in [-0.39, 0.29) is 24.3 Å². The molecule has 0 aromatic carbocycles. The summed E-state index contributed by atoms with van der Waals surface area (Å²) >= 11 is 0. The van der Waals surface area contributed by atoms with Gasteiger partial charge >= 0.3 is 7.12 Å². The van der Waals surface area contributed by atoms with Crippen molar-refractivity contribution in [3.05, 3.63) is 0 Å². The van der Waals surface area contributed by atoms with Crippen LogP contribution in [-0.2, 0) is 9.59 Å². The summed E-state index contributed by atoms with van der Waals surface area (Å²) < 4.78 is 0. The Kier molecular flexibility index (Phi) is 5.42.